The number of H-pyrrole nitrogens is 1. The standard InChI is InChI=1S/C16H27N3O2S/c1-10(2)6-7-11(3)17-14(20)9-8-13-12(4)18-16(22-5)19-15(13)21/h10-11H,6-9H2,1-5H3,(H,17,20)(H,18,19,21). The van der Waals surface area contributed by atoms with Crippen LogP contribution in [0.25, 0.3) is 0 Å². The number of aromatic nitrogens is 2. The van der Waals surface area contributed by atoms with Crippen molar-refractivity contribution in [3.8, 4) is 0 Å². The highest BCUT2D eigenvalue weighted by Crippen LogP contribution is 2.10. The van der Waals surface area contributed by atoms with Gasteiger partial charge in [-0.3, -0.25) is 9.59 Å². The second-order valence-electron chi connectivity index (χ2n) is 6.08. The molecule has 1 unspecified atom stereocenters. The molecular weight excluding hydrogens is 298 g/mol. The van der Waals surface area contributed by atoms with E-state index in [1.807, 2.05) is 20.1 Å². The molecule has 124 valence electrons. The summed E-state index contributed by atoms with van der Waals surface area (Å²) in [5, 5.41) is 3.60. The molecule has 0 saturated heterocycles. The molecule has 0 aliphatic heterocycles. The molecule has 1 rings (SSSR count). The van der Waals surface area contributed by atoms with Crippen molar-refractivity contribution < 1.29 is 4.79 Å². The second-order valence-corrected chi connectivity index (χ2v) is 6.87. The van der Waals surface area contributed by atoms with E-state index in [0.717, 1.165) is 12.8 Å². The van der Waals surface area contributed by atoms with Crippen molar-refractivity contribution in [1.82, 2.24) is 15.3 Å². The lowest BCUT2D eigenvalue weighted by Crippen LogP contribution is -2.33. The lowest BCUT2D eigenvalue weighted by Gasteiger charge is -2.15. The Labute approximate surface area is 136 Å². The molecule has 0 fully saturated rings. The first-order valence-corrected chi connectivity index (χ1v) is 8.99. The third-order valence-electron chi connectivity index (χ3n) is 3.58. The first kappa shape index (κ1) is 18.7. The van der Waals surface area contributed by atoms with Crippen LogP contribution in [0.4, 0.5) is 0 Å². The maximum atomic E-state index is 12.0. The van der Waals surface area contributed by atoms with Crippen molar-refractivity contribution >= 4 is 17.7 Å². The van der Waals surface area contributed by atoms with E-state index in [2.05, 4.69) is 29.1 Å². The van der Waals surface area contributed by atoms with Gasteiger partial charge < -0.3 is 10.3 Å². The predicted molar refractivity (Wildman–Crippen MR) is 91.4 cm³/mol. The van der Waals surface area contributed by atoms with Gasteiger partial charge in [0.05, 0.1) is 0 Å². The zero-order valence-electron chi connectivity index (χ0n) is 14.2. The van der Waals surface area contributed by atoms with E-state index < -0.39 is 0 Å². The highest BCUT2D eigenvalue weighted by Gasteiger charge is 2.12. The molecule has 0 aliphatic carbocycles. The smallest absolute Gasteiger partial charge is 0.254 e. The van der Waals surface area contributed by atoms with Gasteiger partial charge in [0.1, 0.15) is 0 Å². The summed E-state index contributed by atoms with van der Waals surface area (Å²) in [7, 11) is 0. The van der Waals surface area contributed by atoms with Gasteiger partial charge in [-0.15, -0.1) is 0 Å². The zero-order chi connectivity index (χ0) is 16.7. The van der Waals surface area contributed by atoms with E-state index in [-0.39, 0.29) is 17.5 Å². The number of rotatable bonds is 8. The van der Waals surface area contributed by atoms with E-state index in [0.29, 0.717) is 35.2 Å². The normalized spacial score (nSPS) is 12.5. The molecule has 22 heavy (non-hydrogen) atoms. The minimum atomic E-state index is -0.141. The van der Waals surface area contributed by atoms with Gasteiger partial charge in [-0.2, -0.15) is 0 Å². The maximum absolute atomic E-state index is 12.0. The Balaban J connectivity index is 2.52. The van der Waals surface area contributed by atoms with Gasteiger partial charge in [0.25, 0.3) is 5.56 Å². The molecule has 1 aromatic rings. The highest BCUT2D eigenvalue weighted by molar-refractivity contribution is 7.98. The van der Waals surface area contributed by atoms with Crippen molar-refractivity contribution in [2.24, 2.45) is 5.92 Å². The SMILES string of the molecule is CSc1nc(C)c(CCC(=O)NC(C)CCC(C)C)c(=O)[nH]1. The number of carbonyl (C=O) groups is 1. The van der Waals surface area contributed by atoms with E-state index in [9.17, 15) is 9.59 Å². The average Bonchev–Trinajstić information content (AvgIpc) is 2.43. The number of thioether (sulfide) groups is 1. The average molecular weight is 325 g/mol. The Hall–Kier alpha value is -1.30. The fourth-order valence-electron chi connectivity index (χ4n) is 2.22. The Morgan fingerprint density at radius 3 is 2.55 bits per heavy atom. The minimum Gasteiger partial charge on any atom is -0.354 e. The molecule has 1 atom stereocenters. The molecule has 2 N–H and O–H groups in total. The maximum Gasteiger partial charge on any atom is 0.254 e. The third kappa shape index (κ3) is 6.22. The van der Waals surface area contributed by atoms with Crippen molar-refractivity contribution in [1.29, 1.82) is 0 Å². The second kappa shape index (κ2) is 8.98. The summed E-state index contributed by atoms with van der Waals surface area (Å²) in [4.78, 5) is 31.0. The Morgan fingerprint density at radius 2 is 2.00 bits per heavy atom. The van der Waals surface area contributed by atoms with Crippen LogP contribution in [0.15, 0.2) is 9.95 Å². The van der Waals surface area contributed by atoms with Crippen molar-refractivity contribution in [2.75, 3.05) is 6.26 Å². The number of amides is 1. The van der Waals surface area contributed by atoms with Gasteiger partial charge in [0, 0.05) is 23.7 Å². The van der Waals surface area contributed by atoms with Crippen LogP contribution in [-0.2, 0) is 11.2 Å². The molecule has 0 aromatic carbocycles. The molecule has 0 saturated carbocycles. The van der Waals surface area contributed by atoms with Crippen molar-refractivity contribution in [3.05, 3.63) is 21.6 Å². The van der Waals surface area contributed by atoms with Crippen LogP contribution in [0.2, 0.25) is 0 Å². The van der Waals surface area contributed by atoms with Crippen LogP contribution >= 0.6 is 11.8 Å². The van der Waals surface area contributed by atoms with Crippen LogP contribution in [0.5, 0.6) is 0 Å². The Bertz CT molecular complexity index is 555. The quantitative estimate of drug-likeness (QED) is 0.569. The summed E-state index contributed by atoms with van der Waals surface area (Å²) in [6.07, 6.45) is 4.68. The van der Waals surface area contributed by atoms with Gasteiger partial charge in [-0.1, -0.05) is 25.6 Å². The number of aryl methyl sites for hydroxylation is 1. The summed E-state index contributed by atoms with van der Waals surface area (Å²) in [6, 6.07) is 0.172. The molecule has 0 spiro atoms. The molecule has 1 amide bonds. The minimum absolute atomic E-state index is 0.0102. The van der Waals surface area contributed by atoms with Crippen molar-refractivity contribution in [2.45, 2.75) is 64.6 Å². The lowest BCUT2D eigenvalue weighted by molar-refractivity contribution is -0.121. The largest absolute Gasteiger partial charge is 0.354 e. The molecule has 1 aromatic heterocycles. The summed E-state index contributed by atoms with van der Waals surface area (Å²) >= 11 is 1.40. The molecule has 0 bridgehead atoms. The first-order valence-electron chi connectivity index (χ1n) is 7.76. The number of hydrogen-bond acceptors (Lipinski definition) is 4. The van der Waals surface area contributed by atoms with Crippen LogP contribution in [-0.4, -0.2) is 28.2 Å². The van der Waals surface area contributed by atoms with Crippen LogP contribution in [0.1, 0.15) is 51.3 Å². The molecule has 1 heterocycles. The summed E-state index contributed by atoms with van der Waals surface area (Å²) in [5.74, 6) is 0.630. The van der Waals surface area contributed by atoms with Gasteiger partial charge in [0.15, 0.2) is 5.16 Å². The van der Waals surface area contributed by atoms with Crippen LogP contribution < -0.4 is 10.9 Å². The van der Waals surface area contributed by atoms with Gasteiger partial charge in [-0.05, 0) is 45.3 Å². The number of aromatic amines is 1. The van der Waals surface area contributed by atoms with Gasteiger partial charge in [-0.25, -0.2) is 4.98 Å². The van der Waals surface area contributed by atoms with Gasteiger partial charge >= 0.3 is 0 Å². The molecule has 0 radical (unpaired) electrons. The molecular formula is C16H27N3O2S. The predicted octanol–water partition coefficient (Wildman–Crippen LogP) is 2.67. The topological polar surface area (TPSA) is 74.8 Å². The van der Waals surface area contributed by atoms with Crippen molar-refractivity contribution in [3.63, 3.8) is 0 Å². The Kier molecular flexibility index (Phi) is 7.65. The number of nitrogens with one attached hydrogen (secondary N) is 2. The molecule has 6 heteroatoms. The third-order valence-corrected chi connectivity index (χ3v) is 4.16. The van der Waals surface area contributed by atoms with E-state index in [1.54, 1.807) is 0 Å². The summed E-state index contributed by atoms with van der Waals surface area (Å²) in [5.41, 5.74) is 1.16. The monoisotopic (exact) mass is 325 g/mol. The van der Waals surface area contributed by atoms with Gasteiger partial charge in [0.2, 0.25) is 5.91 Å². The number of carbonyl (C=O) groups excluding carboxylic acids is 1. The van der Waals surface area contributed by atoms with E-state index in [4.69, 9.17) is 0 Å². The number of nitrogens with zero attached hydrogens (tertiary/aromatic N) is 1. The zero-order valence-corrected chi connectivity index (χ0v) is 15.0. The van der Waals surface area contributed by atoms with E-state index >= 15 is 0 Å². The molecule has 0 aliphatic rings. The highest BCUT2D eigenvalue weighted by atomic mass is 32.2. The fourth-order valence-corrected chi connectivity index (χ4v) is 2.64. The van der Waals surface area contributed by atoms with Crippen LogP contribution in [0.3, 0.4) is 0 Å². The summed E-state index contributed by atoms with van der Waals surface area (Å²) in [6.45, 7) is 8.18. The van der Waals surface area contributed by atoms with E-state index in [1.165, 1.54) is 11.8 Å². The van der Waals surface area contributed by atoms with Crippen LogP contribution in [0, 0.1) is 12.8 Å². The lowest BCUT2D eigenvalue weighted by atomic mass is 10.0. The first-order chi connectivity index (χ1) is 10.3. The summed E-state index contributed by atoms with van der Waals surface area (Å²) < 4.78 is 0. The Morgan fingerprint density at radius 1 is 1.32 bits per heavy atom. The fraction of sp³-hybridized carbons (Fsp3) is 0.688. The molecule has 5 nitrogen and oxygen atoms in total. The number of hydrogen-bond donors (Lipinski definition) is 2.